The normalized spacial score (nSPS) is 8.69. The molecule has 16 heavy (non-hydrogen) atoms. The molecular weight excluding hydrogens is 226 g/mol. The smallest absolute Gasteiger partial charge is 0.351 e. The van der Waals surface area contributed by atoms with Crippen molar-refractivity contribution in [1.29, 1.82) is 0 Å². The van der Waals surface area contributed by atoms with Crippen LogP contribution < -0.4 is 0 Å². The highest BCUT2D eigenvalue weighted by Crippen LogP contribution is 2.00. The summed E-state index contributed by atoms with van der Waals surface area (Å²) in [5, 5.41) is 8.21. The maximum Gasteiger partial charge on any atom is 0.351 e. The molecule has 4 heteroatoms. The van der Waals surface area contributed by atoms with Crippen LogP contribution in [0.5, 0.6) is 0 Å². The minimum absolute atomic E-state index is 0.102. The lowest BCUT2D eigenvalue weighted by Gasteiger charge is -2.09. The number of benzene rings is 1. The van der Waals surface area contributed by atoms with Gasteiger partial charge in [-0.2, -0.15) is 0 Å². The van der Waals surface area contributed by atoms with E-state index in [9.17, 15) is 4.79 Å². The van der Waals surface area contributed by atoms with Crippen molar-refractivity contribution in [2.75, 3.05) is 14.1 Å². The molecule has 88 valence electrons. The quantitative estimate of drug-likeness (QED) is 0.653. The zero-order valence-electron chi connectivity index (χ0n) is 9.48. The molecule has 0 unspecified atom stereocenters. The van der Waals surface area contributed by atoms with E-state index in [-0.39, 0.29) is 5.70 Å². The highest BCUT2D eigenvalue weighted by molar-refractivity contribution is 6.17. The summed E-state index contributed by atoms with van der Waals surface area (Å²) < 4.78 is 0. The van der Waals surface area contributed by atoms with Crippen molar-refractivity contribution < 1.29 is 9.90 Å². The predicted molar refractivity (Wildman–Crippen MR) is 66.5 cm³/mol. The first-order chi connectivity index (χ1) is 7.49. The molecule has 0 bridgehead atoms. The maximum absolute atomic E-state index is 10.00. The monoisotopic (exact) mass is 241 g/mol. The van der Waals surface area contributed by atoms with Gasteiger partial charge in [-0.1, -0.05) is 36.9 Å². The van der Waals surface area contributed by atoms with Crippen LogP contribution in [-0.4, -0.2) is 30.1 Å². The summed E-state index contributed by atoms with van der Waals surface area (Å²) in [5.41, 5.74) is 1.28. The molecule has 0 saturated heterocycles. The van der Waals surface area contributed by atoms with Gasteiger partial charge in [0.1, 0.15) is 5.70 Å². The van der Waals surface area contributed by atoms with Crippen molar-refractivity contribution in [2.45, 2.75) is 5.88 Å². The Morgan fingerprint density at radius 1 is 1.38 bits per heavy atom. The Hall–Kier alpha value is -1.48. The van der Waals surface area contributed by atoms with Crippen molar-refractivity contribution in [3.05, 3.63) is 48.2 Å². The van der Waals surface area contributed by atoms with Gasteiger partial charge in [-0.3, -0.25) is 0 Å². The summed E-state index contributed by atoms with van der Waals surface area (Å²) in [4.78, 5) is 11.4. The lowest BCUT2D eigenvalue weighted by Crippen LogP contribution is -2.17. The van der Waals surface area contributed by atoms with Gasteiger partial charge in [-0.25, -0.2) is 4.79 Å². The molecule has 0 amide bonds. The Balaban J connectivity index is 0.000000281. The third kappa shape index (κ3) is 6.09. The lowest BCUT2D eigenvalue weighted by atomic mass is 10.2. The van der Waals surface area contributed by atoms with Gasteiger partial charge in [-0.15, -0.1) is 11.6 Å². The number of carboxylic acids is 1. The molecule has 0 atom stereocenters. The van der Waals surface area contributed by atoms with Crippen molar-refractivity contribution in [2.24, 2.45) is 0 Å². The zero-order chi connectivity index (χ0) is 12.6. The summed E-state index contributed by atoms with van der Waals surface area (Å²) >= 11 is 5.53. The summed E-state index contributed by atoms with van der Waals surface area (Å²) in [6.07, 6.45) is 0. The van der Waals surface area contributed by atoms with E-state index in [1.165, 1.54) is 10.5 Å². The van der Waals surface area contributed by atoms with Crippen LogP contribution in [0.3, 0.4) is 0 Å². The number of nitrogens with zero attached hydrogens (tertiary/aromatic N) is 1. The SMILES string of the molecule is C=C(C(=O)O)N(C)C.ClCc1ccccc1. The number of carbonyl (C=O) groups is 1. The molecule has 1 aromatic rings. The third-order valence-electron chi connectivity index (χ3n) is 1.78. The van der Waals surface area contributed by atoms with E-state index in [2.05, 4.69) is 6.58 Å². The number of alkyl halides is 1. The number of hydrogen-bond acceptors (Lipinski definition) is 2. The number of likely N-dealkylation sites (N-methyl/N-ethyl adjacent to an activating group) is 1. The van der Waals surface area contributed by atoms with E-state index >= 15 is 0 Å². The summed E-state index contributed by atoms with van der Waals surface area (Å²) in [7, 11) is 3.27. The second-order valence-electron chi connectivity index (χ2n) is 3.27. The maximum atomic E-state index is 10.00. The zero-order valence-corrected chi connectivity index (χ0v) is 10.2. The van der Waals surface area contributed by atoms with Crippen molar-refractivity contribution in [3.63, 3.8) is 0 Å². The van der Waals surface area contributed by atoms with Crippen LogP contribution in [0.25, 0.3) is 0 Å². The molecule has 0 heterocycles. The van der Waals surface area contributed by atoms with Gasteiger partial charge in [0.05, 0.1) is 0 Å². The van der Waals surface area contributed by atoms with Crippen LogP contribution in [0.2, 0.25) is 0 Å². The summed E-state index contributed by atoms with van der Waals surface area (Å²) in [6, 6.07) is 9.96. The number of rotatable bonds is 3. The molecule has 1 N–H and O–H groups in total. The highest BCUT2D eigenvalue weighted by Gasteiger charge is 2.02. The van der Waals surface area contributed by atoms with Gasteiger partial charge in [0.2, 0.25) is 0 Å². The molecule has 0 aromatic heterocycles. The van der Waals surface area contributed by atoms with Crippen LogP contribution in [0.15, 0.2) is 42.6 Å². The molecule has 1 rings (SSSR count). The Bertz CT molecular complexity index is 336. The van der Waals surface area contributed by atoms with Crippen LogP contribution in [0.4, 0.5) is 0 Å². The molecule has 0 radical (unpaired) electrons. The van der Waals surface area contributed by atoms with E-state index in [1.807, 2.05) is 30.3 Å². The first-order valence-corrected chi connectivity index (χ1v) is 5.22. The van der Waals surface area contributed by atoms with E-state index in [1.54, 1.807) is 14.1 Å². The minimum Gasteiger partial charge on any atom is -0.477 e. The van der Waals surface area contributed by atoms with Crippen molar-refractivity contribution in [1.82, 2.24) is 4.90 Å². The van der Waals surface area contributed by atoms with Crippen LogP contribution in [0.1, 0.15) is 5.56 Å². The minimum atomic E-state index is -0.977. The average molecular weight is 242 g/mol. The van der Waals surface area contributed by atoms with E-state index in [0.29, 0.717) is 5.88 Å². The first kappa shape index (κ1) is 14.5. The molecule has 0 fully saturated rings. The fraction of sp³-hybridized carbons (Fsp3) is 0.250. The molecule has 0 aliphatic carbocycles. The molecule has 0 saturated carbocycles. The van der Waals surface area contributed by atoms with E-state index in [4.69, 9.17) is 16.7 Å². The topological polar surface area (TPSA) is 40.5 Å². The van der Waals surface area contributed by atoms with Crippen LogP contribution in [-0.2, 0) is 10.7 Å². The summed E-state index contributed by atoms with van der Waals surface area (Å²) in [6.45, 7) is 3.28. The summed E-state index contributed by atoms with van der Waals surface area (Å²) in [5.74, 6) is -0.365. The third-order valence-corrected chi connectivity index (χ3v) is 2.09. The molecule has 0 spiro atoms. The number of aliphatic carboxylic acids is 1. The first-order valence-electron chi connectivity index (χ1n) is 4.68. The molecule has 1 aromatic carbocycles. The van der Waals surface area contributed by atoms with Crippen molar-refractivity contribution >= 4 is 17.6 Å². The van der Waals surface area contributed by atoms with Crippen molar-refractivity contribution in [3.8, 4) is 0 Å². The molecule has 0 aliphatic rings. The van der Waals surface area contributed by atoms with Gasteiger partial charge >= 0.3 is 5.97 Å². The van der Waals surface area contributed by atoms with Gasteiger partial charge in [0, 0.05) is 20.0 Å². The fourth-order valence-electron chi connectivity index (χ4n) is 0.758. The number of hydrogen-bond donors (Lipinski definition) is 1. The number of carboxylic acid groups (broad SMARTS) is 1. The molecule has 3 nitrogen and oxygen atoms in total. The Morgan fingerprint density at radius 3 is 2.06 bits per heavy atom. The van der Waals surface area contributed by atoms with Gasteiger partial charge in [0.25, 0.3) is 0 Å². The van der Waals surface area contributed by atoms with Crippen LogP contribution in [0, 0.1) is 0 Å². The Morgan fingerprint density at radius 2 is 1.88 bits per heavy atom. The predicted octanol–water partition coefficient (Wildman–Crippen LogP) is 2.57. The van der Waals surface area contributed by atoms with E-state index < -0.39 is 5.97 Å². The molecule has 0 aliphatic heterocycles. The highest BCUT2D eigenvalue weighted by atomic mass is 35.5. The van der Waals surface area contributed by atoms with Gasteiger partial charge < -0.3 is 10.0 Å². The van der Waals surface area contributed by atoms with Gasteiger partial charge in [-0.05, 0) is 5.56 Å². The average Bonchev–Trinajstić information content (AvgIpc) is 2.29. The number of halogens is 1. The lowest BCUT2D eigenvalue weighted by molar-refractivity contribution is -0.134. The largest absolute Gasteiger partial charge is 0.477 e. The standard InChI is InChI=1S/C7H7Cl.C5H9NO2/c8-6-7-4-2-1-3-5-7;1-4(5(7)8)6(2)3/h1-5H,6H2;1H2,2-3H3,(H,7,8). The fourth-order valence-corrected chi connectivity index (χ4v) is 0.937. The molecular formula is C12H16ClNO2. The van der Waals surface area contributed by atoms with Gasteiger partial charge in [0.15, 0.2) is 0 Å². The second kappa shape index (κ2) is 7.77. The van der Waals surface area contributed by atoms with E-state index in [0.717, 1.165) is 0 Å². The van der Waals surface area contributed by atoms with Crippen LogP contribution >= 0.6 is 11.6 Å². The second-order valence-corrected chi connectivity index (χ2v) is 3.53. The Labute approximate surface area is 101 Å². The Kier molecular flexibility index (Phi) is 7.05.